The van der Waals surface area contributed by atoms with E-state index in [1.54, 1.807) is 7.11 Å². The van der Waals surface area contributed by atoms with Crippen LogP contribution >= 0.6 is 11.6 Å². The summed E-state index contributed by atoms with van der Waals surface area (Å²) in [5, 5.41) is 2.80. The lowest BCUT2D eigenvalue weighted by Gasteiger charge is -2.07. The molecule has 0 saturated carbocycles. The van der Waals surface area contributed by atoms with Crippen molar-refractivity contribution in [3.63, 3.8) is 0 Å². The molecule has 1 N–H and O–H groups in total. The molecule has 0 heterocycles. The number of halogens is 1. The second-order valence-electron chi connectivity index (χ2n) is 4.09. The number of anilines is 1. The zero-order chi connectivity index (χ0) is 13.9. The number of hydrogen-bond acceptors (Lipinski definition) is 3. The van der Waals surface area contributed by atoms with Gasteiger partial charge in [-0.15, -0.1) is 11.6 Å². The Bertz CT molecular complexity index is 385. The van der Waals surface area contributed by atoms with E-state index in [4.69, 9.17) is 21.1 Å². The van der Waals surface area contributed by atoms with Crippen LogP contribution in [-0.2, 0) is 20.7 Å². The summed E-state index contributed by atoms with van der Waals surface area (Å²) in [7, 11) is 1.59. The van der Waals surface area contributed by atoms with Gasteiger partial charge in [0.15, 0.2) is 0 Å². The van der Waals surface area contributed by atoms with Gasteiger partial charge in [0, 0.05) is 18.7 Å². The number of hydrogen-bond donors (Lipinski definition) is 1. The maximum absolute atomic E-state index is 11.6. The van der Waals surface area contributed by atoms with Crippen molar-refractivity contribution < 1.29 is 14.3 Å². The second kappa shape index (κ2) is 9.78. The quantitative estimate of drug-likeness (QED) is 0.560. The van der Waals surface area contributed by atoms with E-state index in [1.807, 2.05) is 24.3 Å². The Hall–Kier alpha value is -1.10. The van der Waals surface area contributed by atoms with Gasteiger partial charge in [-0.2, -0.15) is 0 Å². The molecule has 5 heteroatoms. The first-order valence-corrected chi connectivity index (χ1v) is 6.81. The molecule has 0 aromatic heterocycles. The molecule has 1 aromatic carbocycles. The molecule has 0 atom stereocenters. The number of alkyl halides is 1. The van der Waals surface area contributed by atoms with Crippen molar-refractivity contribution in [1.29, 1.82) is 0 Å². The first-order chi connectivity index (χ1) is 9.26. The van der Waals surface area contributed by atoms with Crippen LogP contribution in [0.4, 0.5) is 5.69 Å². The Morgan fingerprint density at radius 2 is 2.21 bits per heavy atom. The average molecular weight is 286 g/mol. The number of carbonyl (C=O) groups is 1. The smallest absolute Gasteiger partial charge is 0.250 e. The topological polar surface area (TPSA) is 47.6 Å². The molecule has 106 valence electrons. The minimum absolute atomic E-state index is 0.0370. The molecule has 0 radical (unpaired) electrons. The first kappa shape index (κ1) is 16.0. The number of ether oxygens (including phenoxy) is 2. The Morgan fingerprint density at radius 3 is 2.95 bits per heavy atom. The summed E-state index contributed by atoms with van der Waals surface area (Å²) < 4.78 is 9.98. The highest BCUT2D eigenvalue weighted by Gasteiger charge is 2.03. The third-order valence-electron chi connectivity index (χ3n) is 2.47. The van der Waals surface area contributed by atoms with Crippen LogP contribution in [0.5, 0.6) is 0 Å². The van der Waals surface area contributed by atoms with Crippen LogP contribution in [0, 0.1) is 0 Å². The number of carbonyl (C=O) groups excluding carboxylic acids is 1. The summed E-state index contributed by atoms with van der Waals surface area (Å²) in [5.74, 6) is 0.481. The Morgan fingerprint density at radius 1 is 1.37 bits per heavy atom. The predicted octanol–water partition coefficient (Wildman–Crippen LogP) is 2.46. The van der Waals surface area contributed by atoms with Gasteiger partial charge in [0.05, 0.1) is 13.2 Å². The summed E-state index contributed by atoms with van der Waals surface area (Å²) in [6, 6.07) is 7.76. The lowest BCUT2D eigenvalue weighted by molar-refractivity contribution is -0.121. The van der Waals surface area contributed by atoms with Gasteiger partial charge in [-0.25, -0.2) is 0 Å². The molecular formula is C14H20ClNO3. The molecule has 4 nitrogen and oxygen atoms in total. The molecule has 0 aliphatic heterocycles. The highest BCUT2D eigenvalue weighted by molar-refractivity contribution is 6.17. The van der Waals surface area contributed by atoms with Crippen molar-refractivity contribution in [2.24, 2.45) is 0 Å². The molecule has 1 aromatic rings. The standard InChI is InChI=1S/C14H20ClNO3/c1-18-8-9-19-11-14(17)16-13-6-2-4-12(10-13)5-3-7-15/h2,4,6,10H,3,5,7-9,11H2,1H3,(H,16,17). The summed E-state index contributed by atoms with van der Waals surface area (Å²) in [6.45, 7) is 0.941. The Labute approximate surface area is 119 Å². The monoisotopic (exact) mass is 285 g/mol. The predicted molar refractivity (Wildman–Crippen MR) is 76.8 cm³/mol. The lowest BCUT2D eigenvalue weighted by Crippen LogP contribution is -2.19. The van der Waals surface area contributed by atoms with Gasteiger partial charge >= 0.3 is 0 Å². The SMILES string of the molecule is COCCOCC(=O)Nc1cccc(CCCCl)c1. The van der Waals surface area contributed by atoms with E-state index in [0.29, 0.717) is 19.1 Å². The Kier molecular flexibility index (Phi) is 8.21. The Balaban J connectivity index is 2.36. The summed E-state index contributed by atoms with van der Waals surface area (Å²) >= 11 is 5.66. The van der Waals surface area contributed by atoms with E-state index in [9.17, 15) is 4.79 Å². The minimum Gasteiger partial charge on any atom is -0.382 e. The fourth-order valence-electron chi connectivity index (χ4n) is 1.58. The molecule has 19 heavy (non-hydrogen) atoms. The largest absolute Gasteiger partial charge is 0.382 e. The molecule has 0 aliphatic rings. The summed E-state index contributed by atoms with van der Waals surface area (Å²) in [4.78, 5) is 11.6. The van der Waals surface area contributed by atoms with Crippen LogP contribution in [-0.4, -0.2) is 38.7 Å². The molecular weight excluding hydrogens is 266 g/mol. The lowest BCUT2D eigenvalue weighted by atomic mass is 10.1. The summed E-state index contributed by atoms with van der Waals surface area (Å²) in [5.41, 5.74) is 1.95. The van der Waals surface area contributed by atoms with E-state index in [1.165, 1.54) is 5.56 Å². The van der Waals surface area contributed by atoms with Crippen molar-refractivity contribution in [2.45, 2.75) is 12.8 Å². The highest BCUT2D eigenvalue weighted by Crippen LogP contribution is 2.12. The van der Waals surface area contributed by atoms with Gasteiger partial charge in [0.25, 0.3) is 0 Å². The number of nitrogens with one attached hydrogen (secondary N) is 1. The zero-order valence-electron chi connectivity index (χ0n) is 11.2. The molecule has 0 fully saturated rings. The average Bonchev–Trinajstić information content (AvgIpc) is 2.42. The second-order valence-corrected chi connectivity index (χ2v) is 4.46. The fraction of sp³-hybridized carbons (Fsp3) is 0.500. The van der Waals surface area contributed by atoms with Crippen LogP contribution in [0.2, 0.25) is 0 Å². The zero-order valence-corrected chi connectivity index (χ0v) is 11.9. The number of amides is 1. The van der Waals surface area contributed by atoms with E-state index in [-0.39, 0.29) is 12.5 Å². The molecule has 0 bridgehead atoms. The van der Waals surface area contributed by atoms with Crippen LogP contribution in [0.15, 0.2) is 24.3 Å². The van der Waals surface area contributed by atoms with Crippen molar-refractivity contribution in [3.05, 3.63) is 29.8 Å². The van der Waals surface area contributed by atoms with Crippen LogP contribution in [0.3, 0.4) is 0 Å². The third-order valence-corrected chi connectivity index (χ3v) is 2.74. The molecule has 0 saturated heterocycles. The molecule has 0 spiro atoms. The number of rotatable bonds is 9. The van der Waals surface area contributed by atoms with E-state index in [2.05, 4.69) is 5.32 Å². The first-order valence-electron chi connectivity index (χ1n) is 6.27. The normalized spacial score (nSPS) is 10.4. The van der Waals surface area contributed by atoms with Gasteiger partial charge < -0.3 is 14.8 Å². The molecule has 1 amide bonds. The molecule has 0 aliphatic carbocycles. The van der Waals surface area contributed by atoms with E-state index >= 15 is 0 Å². The van der Waals surface area contributed by atoms with E-state index < -0.39 is 0 Å². The van der Waals surface area contributed by atoms with Crippen molar-refractivity contribution >= 4 is 23.2 Å². The minimum atomic E-state index is -0.161. The van der Waals surface area contributed by atoms with Crippen molar-refractivity contribution in [2.75, 3.05) is 38.1 Å². The number of methoxy groups -OCH3 is 1. The van der Waals surface area contributed by atoms with Crippen molar-refractivity contribution in [1.82, 2.24) is 0 Å². The fourth-order valence-corrected chi connectivity index (χ4v) is 1.71. The number of benzene rings is 1. The van der Waals surface area contributed by atoms with Crippen molar-refractivity contribution in [3.8, 4) is 0 Å². The van der Waals surface area contributed by atoms with Gasteiger partial charge in [-0.05, 0) is 30.5 Å². The third kappa shape index (κ3) is 7.15. The maximum atomic E-state index is 11.6. The molecule has 1 rings (SSSR count). The van der Waals surface area contributed by atoms with Crippen LogP contribution in [0.1, 0.15) is 12.0 Å². The maximum Gasteiger partial charge on any atom is 0.250 e. The van der Waals surface area contributed by atoms with Gasteiger partial charge in [-0.3, -0.25) is 4.79 Å². The number of aryl methyl sites for hydroxylation is 1. The van der Waals surface area contributed by atoms with Crippen LogP contribution in [0.25, 0.3) is 0 Å². The van der Waals surface area contributed by atoms with Crippen LogP contribution < -0.4 is 5.32 Å². The van der Waals surface area contributed by atoms with E-state index in [0.717, 1.165) is 18.5 Å². The highest BCUT2D eigenvalue weighted by atomic mass is 35.5. The van der Waals surface area contributed by atoms with Gasteiger partial charge in [-0.1, -0.05) is 12.1 Å². The van der Waals surface area contributed by atoms with Gasteiger partial charge in [0.1, 0.15) is 6.61 Å². The summed E-state index contributed by atoms with van der Waals surface area (Å²) in [6.07, 6.45) is 1.84. The van der Waals surface area contributed by atoms with Gasteiger partial charge in [0.2, 0.25) is 5.91 Å². The molecule has 0 unspecified atom stereocenters.